The molecule has 0 aliphatic rings. The lowest BCUT2D eigenvalue weighted by molar-refractivity contribution is 0.453. The Kier molecular flexibility index (Phi) is 3.99. The van der Waals surface area contributed by atoms with Crippen LogP contribution in [0.25, 0.3) is 0 Å². The normalized spacial score (nSPS) is 10.6. The summed E-state index contributed by atoms with van der Waals surface area (Å²) in [4.78, 5) is 2.02. The lowest BCUT2D eigenvalue weighted by atomic mass is 10.3. The molecule has 96 valence electrons. The van der Waals surface area contributed by atoms with Crippen molar-refractivity contribution >= 4 is 5.69 Å². The summed E-state index contributed by atoms with van der Waals surface area (Å²) in [6.07, 6.45) is 0. The van der Waals surface area contributed by atoms with Crippen LogP contribution in [0.1, 0.15) is 11.5 Å². The Morgan fingerprint density at radius 1 is 1.11 bits per heavy atom. The third-order valence-corrected chi connectivity index (χ3v) is 2.73. The zero-order valence-corrected chi connectivity index (χ0v) is 10.6. The summed E-state index contributed by atoms with van der Waals surface area (Å²) < 4.78 is 18.5. The number of halogens is 1. The number of furan rings is 1. The summed E-state index contributed by atoms with van der Waals surface area (Å²) in [6.45, 7) is 1.38. The van der Waals surface area contributed by atoms with Crippen LogP contribution in [0.4, 0.5) is 10.1 Å². The van der Waals surface area contributed by atoms with Crippen molar-refractivity contribution in [3.8, 4) is 0 Å². The summed E-state index contributed by atoms with van der Waals surface area (Å²) in [5, 5.41) is 3.04. The molecule has 4 heteroatoms. The van der Waals surface area contributed by atoms with Gasteiger partial charge in [-0.3, -0.25) is 0 Å². The Morgan fingerprint density at radius 2 is 1.78 bits per heavy atom. The van der Waals surface area contributed by atoms with E-state index in [1.165, 1.54) is 12.1 Å². The number of nitrogens with zero attached hydrogens (tertiary/aromatic N) is 1. The van der Waals surface area contributed by atoms with Gasteiger partial charge < -0.3 is 14.6 Å². The number of hydrogen-bond donors (Lipinski definition) is 1. The van der Waals surface area contributed by atoms with Gasteiger partial charge in [0.25, 0.3) is 0 Å². The van der Waals surface area contributed by atoms with E-state index in [1.54, 1.807) is 12.1 Å². The van der Waals surface area contributed by atoms with E-state index in [1.807, 2.05) is 31.1 Å². The van der Waals surface area contributed by atoms with Crippen molar-refractivity contribution in [3.63, 3.8) is 0 Å². The monoisotopic (exact) mass is 248 g/mol. The van der Waals surface area contributed by atoms with E-state index in [4.69, 9.17) is 4.42 Å². The first-order valence-corrected chi connectivity index (χ1v) is 5.88. The Labute approximate surface area is 106 Å². The number of nitrogens with one attached hydrogen (secondary N) is 1. The van der Waals surface area contributed by atoms with E-state index < -0.39 is 0 Å². The Hall–Kier alpha value is -1.81. The third kappa shape index (κ3) is 3.11. The highest BCUT2D eigenvalue weighted by molar-refractivity contribution is 5.45. The standard InChI is InChI=1S/C14H17FN2O/c1-16-9-13-7-8-14(18-13)10-17(2)12-5-3-11(15)4-6-12/h3-8,16H,9-10H2,1-2H3. The first-order valence-electron chi connectivity index (χ1n) is 5.88. The molecule has 0 saturated carbocycles. The van der Waals surface area contributed by atoms with Gasteiger partial charge in [0, 0.05) is 12.7 Å². The quantitative estimate of drug-likeness (QED) is 0.882. The lowest BCUT2D eigenvalue weighted by Crippen LogP contribution is -2.15. The molecular weight excluding hydrogens is 231 g/mol. The van der Waals surface area contributed by atoms with Gasteiger partial charge in [0.05, 0.1) is 13.1 Å². The molecule has 1 heterocycles. The highest BCUT2D eigenvalue weighted by Crippen LogP contribution is 2.17. The molecule has 0 spiro atoms. The van der Waals surface area contributed by atoms with Gasteiger partial charge in [-0.05, 0) is 43.4 Å². The van der Waals surface area contributed by atoms with E-state index in [0.717, 1.165) is 23.8 Å². The van der Waals surface area contributed by atoms with Crippen molar-refractivity contribution in [1.82, 2.24) is 5.32 Å². The SMILES string of the molecule is CNCc1ccc(CN(C)c2ccc(F)cc2)o1. The van der Waals surface area contributed by atoms with E-state index in [9.17, 15) is 4.39 Å². The molecule has 0 amide bonds. The summed E-state index contributed by atoms with van der Waals surface area (Å²) >= 11 is 0. The lowest BCUT2D eigenvalue weighted by Gasteiger charge is -2.17. The van der Waals surface area contributed by atoms with Crippen LogP contribution in [0.3, 0.4) is 0 Å². The summed E-state index contributed by atoms with van der Waals surface area (Å²) in [6, 6.07) is 10.4. The predicted molar refractivity (Wildman–Crippen MR) is 70.0 cm³/mol. The van der Waals surface area contributed by atoms with E-state index in [0.29, 0.717) is 6.54 Å². The Bertz CT molecular complexity index is 493. The van der Waals surface area contributed by atoms with Crippen molar-refractivity contribution in [3.05, 3.63) is 53.7 Å². The summed E-state index contributed by atoms with van der Waals surface area (Å²) in [5.41, 5.74) is 0.961. The molecule has 0 atom stereocenters. The second kappa shape index (κ2) is 5.69. The molecule has 18 heavy (non-hydrogen) atoms. The van der Waals surface area contributed by atoms with Gasteiger partial charge in [0.2, 0.25) is 0 Å². The van der Waals surface area contributed by atoms with Crippen molar-refractivity contribution in [2.75, 3.05) is 19.0 Å². The van der Waals surface area contributed by atoms with Crippen LogP contribution in [-0.4, -0.2) is 14.1 Å². The first kappa shape index (κ1) is 12.6. The minimum absolute atomic E-state index is 0.221. The van der Waals surface area contributed by atoms with E-state index >= 15 is 0 Å². The molecule has 0 unspecified atom stereocenters. The van der Waals surface area contributed by atoms with Crippen LogP contribution in [0.5, 0.6) is 0 Å². The van der Waals surface area contributed by atoms with E-state index in [2.05, 4.69) is 5.32 Å². The number of rotatable bonds is 5. The van der Waals surface area contributed by atoms with Crippen LogP contribution in [0.15, 0.2) is 40.8 Å². The molecule has 3 nitrogen and oxygen atoms in total. The molecule has 1 aromatic heterocycles. The molecular formula is C14H17FN2O. The maximum Gasteiger partial charge on any atom is 0.123 e. The van der Waals surface area contributed by atoms with Crippen LogP contribution < -0.4 is 10.2 Å². The van der Waals surface area contributed by atoms with Gasteiger partial charge >= 0.3 is 0 Å². The van der Waals surface area contributed by atoms with Crippen molar-refractivity contribution in [1.29, 1.82) is 0 Å². The second-order valence-corrected chi connectivity index (χ2v) is 4.23. The summed E-state index contributed by atoms with van der Waals surface area (Å²) in [7, 11) is 3.83. The van der Waals surface area contributed by atoms with Gasteiger partial charge in [0.1, 0.15) is 17.3 Å². The first-order chi connectivity index (χ1) is 8.69. The minimum atomic E-state index is -0.221. The Balaban J connectivity index is 2.01. The fraction of sp³-hybridized carbons (Fsp3) is 0.286. The third-order valence-electron chi connectivity index (χ3n) is 2.73. The van der Waals surface area contributed by atoms with Crippen molar-refractivity contribution in [2.24, 2.45) is 0 Å². The molecule has 0 bridgehead atoms. The van der Waals surface area contributed by atoms with Crippen molar-refractivity contribution < 1.29 is 8.81 Å². The molecule has 0 fully saturated rings. The zero-order chi connectivity index (χ0) is 13.0. The maximum absolute atomic E-state index is 12.8. The number of benzene rings is 1. The van der Waals surface area contributed by atoms with Crippen LogP contribution >= 0.6 is 0 Å². The van der Waals surface area contributed by atoms with Gasteiger partial charge in [-0.15, -0.1) is 0 Å². The maximum atomic E-state index is 12.8. The molecule has 0 aliphatic carbocycles. The fourth-order valence-electron chi connectivity index (χ4n) is 1.80. The highest BCUT2D eigenvalue weighted by atomic mass is 19.1. The Morgan fingerprint density at radius 3 is 2.44 bits per heavy atom. The summed E-state index contributed by atoms with van der Waals surface area (Å²) in [5.74, 6) is 1.59. The van der Waals surface area contributed by atoms with Gasteiger partial charge in [-0.2, -0.15) is 0 Å². The van der Waals surface area contributed by atoms with Gasteiger partial charge in [0.15, 0.2) is 0 Å². The van der Waals surface area contributed by atoms with Crippen LogP contribution in [0.2, 0.25) is 0 Å². The number of hydrogen-bond acceptors (Lipinski definition) is 3. The predicted octanol–water partition coefficient (Wildman–Crippen LogP) is 2.77. The molecule has 0 radical (unpaired) electrons. The molecule has 0 aliphatic heterocycles. The largest absolute Gasteiger partial charge is 0.463 e. The van der Waals surface area contributed by atoms with Gasteiger partial charge in [-0.25, -0.2) is 4.39 Å². The van der Waals surface area contributed by atoms with Crippen molar-refractivity contribution in [2.45, 2.75) is 13.1 Å². The average molecular weight is 248 g/mol. The minimum Gasteiger partial charge on any atom is -0.463 e. The molecule has 1 aromatic carbocycles. The fourth-order valence-corrected chi connectivity index (χ4v) is 1.80. The average Bonchev–Trinajstić information content (AvgIpc) is 2.78. The molecule has 2 aromatic rings. The van der Waals surface area contributed by atoms with Crippen LogP contribution in [-0.2, 0) is 13.1 Å². The smallest absolute Gasteiger partial charge is 0.123 e. The molecule has 1 N–H and O–H groups in total. The second-order valence-electron chi connectivity index (χ2n) is 4.23. The van der Waals surface area contributed by atoms with Crippen LogP contribution in [0, 0.1) is 5.82 Å². The molecule has 0 saturated heterocycles. The molecule has 2 rings (SSSR count). The highest BCUT2D eigenvalue weighted by Gasteiger charge is 2.06. The zero-order valence-electron chi connectivity index (χ0n) is 10.6. The van der Waals surface area contributed by atoms with E-state index in [-0.39, 0.29) is 5.82 Å². The topological polar surface area (TPSA) is 28.4 Å². The number of anilines is 1. The van der Waals surface area contributed by atoms with Gasteiger partial charge in [-0.1, -0.05) is 0 Å².